The molecule has 0 spiro atoms. The molecule has 1 aliphatic heterocycles. The Morgan fingerprint density at radius 1 is 1.44 bits per heavy atom. The normalized spacial score (nSPS) is 18.0. The van der Waals surface area contributed by atoms with Gasteiger partial charge in [0, 0.05) is 26.1 Å². The monoisotopic (exact) mass is 275 g/mol. The number of rotatable bonds is 6. The standard InChI is InChI=1S/C9H17N5O3S/c15-18(16,14-4-6-17-7-5-14)12-3-1-2-9-10-8-11-13-9/h8,12H,1-7H2,(H,10,11,13). The molecule has 2 heterocycles. The van der Waals surface area contributed by atoms with Gasteiger partial charge in [-0.1, -0.05) is 0 Å². The van der Waals surface area contributed by atoms with Crippen LogP contribution in [0.1, 0.15) is 12.2 Å². The van der Waals surface area contributed by atoms with Gasteiger partial charge in [-0.25, -0.2) is 9.71 Å². The van der Waals surface area contributed by atoms with E-state index in [0.717, 1.165) is 5.82 Å². The Morgan fingerprint density at radius 2 is 2.22 bits per heavy atom. The quantitative estimate of drug-likeness (QED) is 0.642. The van der Waals surface area contributed by atoms with Gasteiger partial charge >= 0.3 is 0 Å². The molecule has 0 aromatic carbocycles. The summed E-state index contributed by atoms with van der Waals surface area (Å²) in [7, 11) is -3.37. The predicted octanol–water partition coefficient (Wildman–Crippen LogP) is -1.10. The van der Waals surface area contributed by atoms with Crippen LogP contribution >= 0.6 is 0 Å². The van der Waals surface area contributed by atoms with E-state index in [4.69, 9.17) is 4.74 Å². The molecule has 1 fully saturated rings. The van der Waals surface area contributed by atoms with Crippen molar-refractivity contribution in [1.29, 1.82) is 0 Å². The van der Waals surface area contributed by atoms with E-state index in [2.05, 4.69) is 19.9 Å². The Morgan fingerprint density at radius 3 is 2.89 bits per heavy atom. The lowest BCUT2D eigenvalue weighted by Gasteiger charge is -2.26. The van der Waals surface area contributed by atoms with Crippen LogP contribution in [0.15, 0.2) is 6.33 Å². The summed E-state index contributed by atoms with van der Waals surface area (Å²) in [6.45, 7) is 2.13. The maximum atomic E-state index is 11.9. The molecule has 0 radical (unpaired) electrons. The van der Waals surface area contributed by atoms with E-state index in [1.54, 1.807) is 0 Å². The molecule has 0 saturated carbocycles. The van der Waals surface area contributed by atoms with Crippen LogP contribution in [0, 0.1) is 0 Å². The molecule has 9 heteroatoms. The van der Waals surface area contributed by atoms with Crippen LogP contribution in [0.5, 0.6) is 0 Å². The lowest BCUT2D eigenvalue weighted by Crippen LogP contribution is -2.46. The topological polar surface area (TPSA) is 100 Å². The van der Waals surface area contributed by atoms with Crippen LogP contribution in [-0.2, 0) is 21.4 Å². The Hall–Kier alpha value is -1.03. The number of ether oxygens (including phenoxy) is 1. The number of hydrogen-bond donors (Lipinski definition) is 2. The summed E-state index contributed by atoms with van der Waals surface area (Å²) in [6.07, 6.45) is 2.79. The summed E-state index contributed by atoms with van der Waals surface area (Å²) in [5.74, 6) is 0.764. The first kappa shape index (κ1) is 13.4. The predicted molar refractivity (Wildman–Crippen MR) is 64.0 cm³/mol. The van der Waals surface area contributed by atoms with Crippen LogP contribution in [0.4, 0.5) is 0 Å². The molecule has 1 saturated heterocycles. The Labute approximate surface area is 106 Å². The van der Waals surface area contributed by atoms with Crippen molar-refractivity contribution in [3.63, 3.8) is 0 Å². The van der Waals surface area contributed by atoms with Crippen LogP contribution < -0.4 is 4.72 Å². The third-order valence-corrected chi connectivity index (χ3v) is 4.26. The molecule has 0 unspecified atom stereocenters. The van der Waals surface area contributed by atoms with Crippen LogP contribution in [0.3, 0.4) is 0 Å². The van der Waals surface area contributed by atoms with Crippen molar-refractivity contribution in [2.75, 3.05) is 32.8 Å². The number of aromatic amines is 1. The van der Waals surface area contributed by atoms with E-state index >= 15 is 0 Å². The molecule has 0 bridgehead atoms. The fourth-order valence-electron chi connectivity index (χ4n) is 1.69. The molecular weight excluding hydrogens is 258 g/mol. The molecule has 1 aromatic rings. The maximum Gasteiger partial charge on any atom is 0.279 e. The molecule has 0 amide bonds. The Bertz CT molecular complexity index is 441. The first-order chi connectivity index (χ1) is 8.68. The summed E-state index contributed by atoms with van der Waals surface area (Å²) >= 11 is 0. The number of nitrogens with zero attached hydrogens (tertiary/aromatic N) is 3. The van der Waals surface area contributed by atoms with Gasteiger partial charge in [-0.3, -0.25) is 5.10 Å². The van der Waals surface area contributed by atoms with Crippen molar-refractivity contribution < 1.29 is 13.2 Å². The van der Waals surface area contributed by atoms with Crippen molar-refractivity contribution in [2.45, 2.75) is 12.8 Å². The zero-order valence-electron chi connectivity index (χ0n) is 10.0. The van der Waals surface area contributed by atoms with Crippen molar-refractivity contribution in [3.05, 3.63) is 12.2 Å². The lowest BCUT2D eigenvalue weighted by atomic mass is 10.3. The first-order valence-electron chi connectivity index (χ1n) is 5.85. The second kappa shape index (κ2) is 6.23. The Balaban J connectivity index is 1.71. The third kappa shape index (κ3) is 3.73. The SMILES string of the molecule is O=S(=O)(NCCCc1ncn[nH]1)N1CCOCC1. The van der Waals surface area contributed by atoms with Gasteiger partial charge in [-0.2, -0.15) is 17.8 Å². The van der Waals surface area contributed by atoms with E-state index < -0.39 is 10.2 Å². The van der Waals surface area contributed by atoms with E-state index in [-0.39, 0.29) is 0 Å². The molecule has 1 aromatic heterocycles. The summed E-state index contributed by atoms with van der Waals surface area (Å²) < 4.78 is 32.8. The fourth-order valence-corrected chi connectivity index (χ4v) is 2.90. The number of aromatic nitrogens is 3. The summed E-state index contributed by atoms with van der Waals surface area (Å²) in [5.41, 5.74) is 0. The zero-order valence-corrected chi connectivity index (χ0v) is 10.8. The molecular formula is C9H17N5O3S. The van der Waals surface area contributed by atoms with Gasteiger partial charge in [0.15, 0.2) is 0 Å². The van der Waals surface area contributed by atoms with Gasteiger partial charge in [-0.15, -0.1) is 0 Å². The van der Waals surface area contributed by atoms with E-state index in [1.807, 2.05) is 0 Å². The fraction of sp³-hybridized carbons (Fsp3) is 0.778. The zero-order chi connectivity index (χ0) is 12.8. The Kier molecular flexibility index (Phi) is 4.64. The van der Waals surface area contributed by atoms with Crippen molar-refractivity contribution in [1.82, 2.24) is 24.2 Å². The molecule has 2 rings (SSSR count). The molecule has 2 N–H and O–H groups in total. The second-order valence-electron chi connectivity index (χ2n) is 3.95. The third-order valence-electron chi connectivity index (χ3n) is 2.65. The highest BCUT2D eigenvalue weighted by atomic mass is 32.2. The average molecular weight is 275 g/mol. The molecule has 8 nitrogen and oxygen atoms in total. The second-order valence-corrected chi connectivity index (χ2v) is 5.70. The number of nitrogens with one attached hydrogen (secondary N) is 2. The van der Waals surface area contributed by atoms with Gasteiger partial charge in [0.05, 0.1) is 13.2 Å². The summed E-state index contributed by atoms with van der Waals surface area (Å²) in [6, 6.07) is 0. The highest BCUT2D eigenvalue weighted by Gasteiger charge is 2.23. The minimum atomic E-state index is -3.37. The lowest BCUT2D eigenvalue weighted by molar-refractivity contribution is 0.0725. The van der Waals surface area contributed by atoms with Crippen molar-refractivity contribution >= 4 is 10.2 Å². The summed E-state index contributed by atoms with van der Waals surface area (Å²) in [4.78, 5) is 3.97. The van der Waals surface area contributed by atoms with Crippen LogP contribution in [-0.4, -0.2) is 60.8 Å². The van der Waals surface area contributed by atoms with E-state index in [9.17, 15) is 8.42 Å². The smallest absolute Gasteiger partial charge is 0.279 e. The number of H-pyrrole nitrogens is 1. The number of aryl methyl sites for hydroxylation is 1. The van der Waals surface area contributed by atoms with Crippen LogP contribution in [0.25, 0.3) is 0 Å². The molecule has 0 aliphatic carbocycles. The molecule has 102 valence electrons. The number of morpholine rings is 1. The molecule has 1 aliphatic rings. The summed E-state index contributed by atoms with van der Waals surface area (Å²) in [5, 5.41) is 6.46. The minimum absolute atomic E-state index is 0.389. The van der Waals surface area contributed by atoms with Crippen LogP contribution in [0.2, 0.25) is 0 Å². The van der Waals surface area contributed by atoms with Gasteiger partial charge < -0.3 is 4.74 Å². The van der Waals surface area contributed by atoms with Gasteiger partial charge in [0.25, 0.3) is 10.2 Å². The van der Waals surface area contributed by atoms with Crippen molar-refractivity contribution in [2.24, 2.45) is 0 Å². The average Bonchev–Trinajstić information content (AvgIpc) is 2.89. The highest BCUT2D eigenvalue weighted by molar-refractivity contribution is 7.87. The highest BCUT2D eigenvalue weighted by Crippen LogP contribution is 2.03. The van der Waals surface area contributed by atoms with Gasteiger partial charge in [-0.05, 0) is 6.42 Å². The molecule has 18 heavy (non-hydrogen) atoms. The van der Waals surface area contributed by atoms with Gasteiger partial charge in [0.1, 0.15) is 12.2 Å². The first-order valence-corrected chi connectivity index (χ1v) is 7.29. The molecule has 0 atom stereocenters. The van der Waals surface area contributed by atoms with Crippen molar-refractivity contribution in [3.8, 4) is 0 Å². The van der Waals surface area contributed by atoms with E-state index in [0.29, 0.717) is 45.7 Å². The number of hydrogen-bond acceptors (Lipinski definition) is 5. The largest absolute Gasteiger partial charge is 0.379 e. The minimum Gasteiger partial charge on any atom is -0.379 e. The van der Waals surface area contributed by atoms with E-state index in [1.165, 1.54) is 10.6 Å². The van der Waals surface area contributed by atoms with Gasteiger partial charge in [0.2, 0.25) is 0 Å². The maximum absolute atomic E-state index is 11.9.